The third-order valence-electron chi connectivity index (χ3n) is 3.65. The molecular formula is C11H17N5O. The number of hydrogen-bond donors (Lipinski definition) is 1. The van der Waals surface area contributed by atoms with Gasteiger partial charge in [-0.1, -0.05) is 18.1 Å². The smallest absolute Gasteiger partial charge is 0.317 e. The standard InChI is InChI=1S/C11H17N5O/c17-11(13-9-3-1-2-4-9)15-7-10(8-15)16-6-5-12-14-16/h5-6,9-10H,1-4,7-8H2,(H,13,17). The number of rotatable bonds is 2. The molecule has 0 spiro atoms. The number of carbonyl (C=O) groups excluding carboxylic acids is 1. The second-order valence-corrected chi connectivity index (χ2v) is 4.87. The van der Waals surface area contributed by atoms with Crippen LogP contribution in [-0.4, -0.2) is 45.1 Å². The van der Waals surface area contributed by atoms with E-state index in [1.807, 2.05) is 15.8 Å². The number of nitrogens with zero attached hydrogens (tertiary/aromatic N) is 4. The molecule has 0 bridgehead atoms. The van der Waals surface area contributed by atoms with Crippen molar-refractivity contribution in [3.05, 3.63) is 12.4 Å². The average Bonchev–Trinajstić information content (AvgIpc) is 2.87. The number of urea groups is 1. The van der Waals surface area contributed by atoms with Crippen LogP contribution in [0.5, 0.6) is 0 Å². The van der Waals surface area contributed by atoms with Crippen LogP contribution in [0.3, 0.4) is 0 Å². The van der Waals surface area contributed by atoms with E-state index in [1.54, 1.807) is 6.20 Å². The first-order valence-corrected chi connectivity index (χ1v) is 6.24. The van der Waals surface area contributed by atoms with Crippen molar-refractivity contribution in [3.8, 4) is 0 Å². The van der Waals surface area contributed by atoms with Crippen molar-refractivity contribution in [2.24, 2.45) is 0 Å². The molecule has 1 saturated carbocycles. The van der Waals surface area contributed by atoms with Crippen molar-refractivity contribution < 1.29 is 4.79 Å². The van der Waals surface area contributed by atoms with Gasteiger partial charge in [-0.2, -0.15) is 0 Å². The first-order valence-electron chi connectivity index (χ1n) is 6.24. The predicted octanol–water partition coefficient (Wildman–Crippen LogP) is 0.787. The molecule has 92 valence electrons. The summed E-state index contributed by atoms with van der Waals surface area (Å²) in [5.41, 5.74) is 0. The van der Waals surface area contributed by atoms with E-state index in [0.29, 0.717) is 12.1 Å². The molecular weight excluding hydrogens is 218 g/mol. The van der Waals surface area contributed by atoms with Gasteiger partial charge in [0.2, 0.25) is 0 Å². The van der Waals surface area contributed by atoms with Gasteiger partial charge in [0.1, 0.15) is 0 Å². The maximum Gasteiger partial charge on any atom is 0.317 e. The van der Waals surface area contributed by atoms with E-state index in [4.69, 9.17) is 0 Å². The molecule has 1 N–H and O–H groups in total. The SMILES string of the molecule is O=C(NC1CCCC1)N1CC(n2ccnn2)C1. The van der Waals surface area contributed by atoms with Gasteiger partial charge in [-0.15, -0.1) is 5.10 Å². The van der Waals surface area contributed by atoms with E-state index >= 15 is 0 Å². The van der Waals surface area contributed by atoms with Crippen LogP contribution in [0.4, 0.5) is 4.79 Å². The van der Waals surface area contributed by atoms with Crippen LogP contribution in [0.1, 0.15) is 31.7 Å². The molecule has 2 aliphatic rings. The molecule has 17 heavy (non-hydrogen) atoms. The molecule has 2 amide bonds. The number of amides is 2. The van der Waals surface area contributed by atoms with E-state index in [9.17, 15) is 4.79 Å². The Kier molecular flexibility index (Phi) is 2.70. The lowest BCUT2D eigenvalue weighted by molar-refractivity contribution is 0.115. The Labute approximate surface area is 100.0 Å². The van der Waals surface area contributed by atoms with Gasteiger partial charge in [-0.25, -0.2) is 9.48 Å². The molecule has 2 heterocycles. The molecule has 3 rings (SSSR count). The van der Waals surface area contributed by atoms with Gasteiger partial charge in [-0.05, 0) is 12.8 Å². The van der Waals surface area contributed by atoms with Crippen molar-refractivity contribution in [2.75, 3.05) is 13.1 Å². The fourth-order valence-corrected chi connectivity index (χ4v) is 2.54. The van der Waals surface area contributed by atoms with Gasteiger partial charge in [-0.3, -0.25) is 0 Å². The molecule has 0 radical (unpaired) electrons. The largest absolute Gasteiger partial charge is 0.335 e. The molecule has 1 aromatic rings. The van der Waals surface area contributed by atoms with Crippen molar-refractivity contribution in [2.45, 2.75) is 37.8 Å². The van der Waals surface area contributed by atoms with Crippen LogP contribution in [-0.2, 0) is 0 Å². The minimum atomic E-state index is 0.0771. The molecule has 0 atom stereocenters. The summed E-state index contributed by atoms with van der Waals surface area (Å²) in [6, 6.07) is 0.771. The Morgan fingerprint density at radius 3 is 2.71 bits per heavy atom. The lowest BCUT2D eigenvalue weighted by Crippen LogP contribution is -2.55. The van der Waals surface area contributed by atoms with Crippen LogP contribution in [0, 0.1) is 0 Å². The zero-order chi connectivity index (χ0) is 11.7. The summed E-state index contributed by atoms with van der Waals surface area (Å²) in [6.45, 7) is 1.48. The second-order valence-electron chi connectivity index (χ2n) is 4.87. The quantitative estimate of drug-likeness (QED) is 0.824. The summed E-state index contributed by atoms with van der Waals surface area (Å²) in [5.74, 6) is 0. The molecule has 0 aromatic carbocycles. The van der Waals surface area contributed by atoms with Gasteiger partial charge in [0.15, 0.2) is 0 Å². The van der Waals surface area contributed by atoms with Gasteiger partial charge in [0.05, 0.1) is 12.2 Å². The highest BCUT2D eigenvalue weighted by molar-refractivity contribution is 5.75. The molecule has 1 aliphatic heterocycles. The first kappa shape index (κ1) is 10.6. The van der Waals surface area contributed by atoms with E-state index in [1.165, 1.54) is 12.8 Å². The Bertz CT molecular complexity index is 379. The highest BCUT2D eigenvalue weighted by Crippen LogP contribution is 2.22. The summed E-state index contributed by atoms with van der Waals surface area (Å²) >= 11 is 0. The zero-order valence-corrected chi connectivity index (χ0v) is 9.75. The van der Waals surface area contributed by atoms with Crippen molar-refractivity contribution in [1.82, 2.24) is 25.2 Å². The normalized spacial score (nSPS) is 21.5. The van der Waals surface area contributed by atoms with Crippen LogP contribution < -0.4 is 5.32 Å². The number of hydrogen-bond acceptors (Lipinski definition) is 3. The number of aromatic nitrogens is 3. The topological polar surface area (TPSA) is 63.1 Å². The molecule has 1 aromatic heterocycles. The van der Waals surface area contributed by atoms with Crippen LogP contribution in [0.2, 0.25) is 0 Å². The van der Waals surface area contributed by atoms with Gasteiger partial charge in [0.25, 0.3) is 0 Å². The summed E-state index contributed by atoms with van der Waals surface area (Å²) in [4.78, 5) is 13.7. The monoisotopic (exact) mass is 235 g/mol. The fourth-order valence-electron chi connectivity index (χ4n) is 2.54. The minimum absolute atomic E-state index is 0.0771. The fraction of sp³-hybridized carbons (Fsp3) is 0.727. The van der Waals surface area contributed by atoms with Crippen LogP contribution in [0.25, 0.3) is 0 Å². The molecule has 2 fully saturated rings. The Hall–Kier alpha value is -1.59. The number of likely N-dealkylation sites (tertiary alicyclic amines) is 1. The lowest BCUT2D eigenvalue weighted by Gasteiger charge is -2.39. The Morgan fingerprint density at radius 2 is 2.06 bits per heavy atom. The van der Waals surface area contributed by atoms with Gasteiger partial charge >= 0.3 is 6.03 Å². The average molecular weight is 235 g/mol. The third-order valence-corrected chi connectivity index (χ3v) is 3.65. The van der Waals surface area contributed by atoms with E-state index in [-0.39, 0.29) is 6.03 Å². The summed E-state index contributed by atoms with van der Waals surface area (Å²) in [5, 5.41) is 10.8. The zero-order valence-electron chi connectivity index (χ0n) is 9.75. The van der Waals surface area contributed by atoms with Gasteiger partial charge < -0.3 is 10.2 Å². The Morgan fingerprint density at radius 1 is 1.29 bits per heavy atom. The summed E-state index contributed by atoms with van der Waals surface area (Å²) in [7, 11) is 0. The molecule has 1 saturated heterocycles. The molecule has 6 nitrogen and oxygen atoms in total. The predicted molar refractivity (Wildman–Crippen MR) is 61.4 cm³/mol. The highest BCUT2D eigenvalue weighted by atomic mass is 16.2. The van der Waals surface area contributed by atoms with Gasteiger partial charge in [0, 0.05) is 25.3 Å². The molecule has 6 heteroatoms. The van der Waals surface area contributed by atoms with Crippen LogP contribution >= 0.6 is 0 Å². The number of nitrogens with one attached hydrogen (secondary N) is 1. The molecule has 1 aliphatic carbocycles. The summed E-state index contributed by atoms with van der Waals surface area (Å²) in [6.07, 6.45) is 8.26. The Balaban J connectivity index is 1.46. The number of carbonyl (C=O) groups is 1. The van der Waals surface area contributed by atoms with E-state index in [0.717, 1.165) is 25.9 Å². The van der Waals surface area contributed by atoms with Crippen LogP contribution in [0.15, 0.2) is 12.4 Å². The maximum absolute atomic E-state index is 11.9. The maximum atomic E-state index is 11.9. The van der Waals surface area contributed by atoms with Crippen molar-refractivity contribution >= 4 is 6.03 Å². The highest BCUT2D eigenvalue weighted by Gasteiger charge is 2.33. The molecule has 0 unspecified atom stereocenters. The minimum Gasteiger partial charge on any atom is -0.335 e. The summed E-state index contributed by atoms with van der Waals surface area (Å²) < 4.78 is 1.82. The second kappa shape index (κ2) is 4.35. The lowest BCUT2D eigenvalue weighted by atomic mass is 10.1. The van der Waals surface area contributed by atoms with E-state index < -0.39 is 0 Å². The first-order chi connectivity index (χ1) is 8.33. The van der Waals surface area contributed by atoms with Crippen molar-refractivity contribution in [1.29, 1.82) is 0 Å². The van der Waals surface area contributed by atoms with E-state index in [2.05, 4.69) is 15.6 Å². The van der Waals surface area contributed by atoms with Crippen molar-refractivity contribution in [3.63, 3.8) is 0 Å². The third kappa shape index (κ3) is 2.11.